The first-order chi connectivity index (χ1) is 3.72. The van der Waals surface area contributed by atoms with Crippen LogP contribution in [0, 0.1) is 0 Å². The molecule has 0 bridgehead atoms. The molecule has 0 aromatic heterocycles. The molecule has 3 nitrogen and oxygen atoms in total. The Kier molecular flexibility index (Phi) is 1.22. The van der Waals surface area contributed by atoms with Gasteiger partial charge in [-0.1, -0.05) is 4.57 Å². The lowest BCUT2D eigenvalue weighted by Gasteiger charge is -1.62. The van der Waals surface area contributed by atoms with Crippen molar-refractivity contribution in [2.75, 3.05) is 6.16 Å². The first-order valence-electron chi connectivity index (χ1n) is 2.23. The van der Waals surface area contributed by atoms with E-state index in [0.717, 1.165) is 0 Å². The van der Waals surface area contributed by atoms with E-state index in [1.165, 1.54) is 0 Å². The first kappa shape index (κ1) is 5.57. The Bertz CT molecular complexity index is 154. The number of hydrogen-bond donors (Lipinski definition) is 0. The molecule has 1 fully saturated rings. The van der Waals surface area contributed by atoms with Crippen LogP contribution in [0.3, 0.4) is 0 Å². The summed E-state index contributed by atoms with van der Waals surface area (Å²) in [5.41, 5.74) is -0.667. The third kappa shape index (κ3) is 0.693. The second-order valence-electron chi connectivity index (χ2n) is 1.58. The van der Waals surface area contributed by atoms with Gasteiger partial charge in [-0.3, -0.25) is 4.79 Å². The van der Waals surface area contributed by atoms with Crippen molar-refractivity contribution in [2.24, 2.45) is 0 Å². The Morgan fingerprint density at radius 2 is 2.00 bits per heavy atom. The van der Waals surface area contributed by atoms with Gasteiger partial charge in [0, 0.05) is 0 Å². The van der Waals surface area contributed by atoms with E-state index in [0.29, 0.717) is 0 Å². The molecule has 0 spiro atoms. The molecule has 1 aliphatic heterocycles. The van der Waals surface area contributed by atoms with Gasteiger partial charge in [-0.05, 0) is 0 Å². The number of rotatable bonds is 0. The standard InChI is InChI=1S/C4H4O3P/c5-3-1-2-8(7)4(3)6/h1-2H2/q+1. The largest absolute Gasteiger partial charge is 0.430 e. The molecule has 1 saturated heterocycles. The van der Waals surface area contributed by atoms with E-state index in [2.05, 4.69) is 0 Å². The fourth-order valence-electron chi connectivity index (χ4n) is 0.551. The Hall–Kier alpha value is -0.560. The van der Waals surface area contributed by atoms with Gasteiger partial charge >= 0.3 is 13.3 Å². The van der Waals surface area contributed by atoms with Crippen LogP contribution in [0.25, 0.3) is 0 Å². The number of carbonyl (C=O) groups is 2. The molecule has 0 N–H and O–H groups in total. The monoisotopic (exact) mass is 131 g/mol. The van der Waals surface area contributed by atoms with Crippen LogP contribution < -0.4 is 0 Å². The highest BCUT2D eigenvalue weighted by Gasteiger charge is 2.42. The second-order valence-corrected chi connectivity index (χ2v) is 3.19. The van der Waals surface area contributed by atoms with Crippen molar-refractivity contribution < 1.29 is 14.2 Å². The molecule has 1 heterocycles. The van der Waals surface area contributed by atoms with Crippen molar-refractivity contribution in [1.29, 1.82) is 0 Å². The highest BCUT2D eigenvalue weighted by Crippen LogP contribution is 2.30. The smallest absolute Gasteiger partial charge is 0.286 e. The van der Waals surface area contributed by atoms with E-state index in [1.807, 2.05) is 0 Å². The SMILES string of the molecule is O=C1CC[P+](=O)C1=O. The minimum Gasteiger partial charge on any atom is -0.286 e. The van der Waals surface area contributed by atoms with Gasteiger partial charge in [-0.15, -0.1) is 0 Å². The van der Waals surface area contributed by atoms with Crippen LogP contribution in [0.4, 0.5) is 0 Å². The van der Waals surface area contributed by atoms with Gasteiger partial charge in [0.15, 0.2) is 6.16 Å². The average Bonchev–Trinajstić information content (AvgIpc) is 1.98. The summed E-state index contributed by atoms with van der Waals surface area (Å²) in [6, 6.07) is 0. The molecule has 1 aliphatic rings. The molecule has 0 amide bonds. The van der Waals surface area contributed by atoms with Gasteiger partial charge in [0.05, 0.1) is 6.42 Å². The first-order valence-corrected chi connectivity index (χ1v) is 3.68. The van der Waals surface area contributed by atoms with E-state index < -0.39 is 19.1 Å². The summed E-state index contributed by atoms with van der Waals surface area (Å²) in [6.07, 6.45) is 0.459. The molecule has 42 valence electrons. The predicted octanol–water partition coefficient (Wildman–Crippen LogP) is 0.313. The van der Waals surface area contributed by atoms with Crippen LogP contribution in [0.5, 0.6) is 0 Å². The lowest BCUT2D eigenvalue weighted by molar-refractivity contribution is -0.130. The summed E-state index contributed by atoms with van der Waals surface area (Å²) in [5.74, 6) is -0.467. The van der Waals surface area contributed by atoms with Gasteiger partial charge in [-0.2, -0.15) is 0 Å². The van der Waals surface area contributed by atoms with Crippen molar-refractivity contribution >= 4 is 19.1 Å². The van der Waals surface area contributed by atoms with Crippen LogP contribution in [-0.4, -0.2) is 17.5 Å². The van der Waals surface area contributed by atoms with Crippen molar-refractivity contribution in [1.82, 2.24) is 0 Å². The van der Waals surface area contributed by atoms with Gasteiger partial charge in [-0.25, -0.2) is 4.79 Å². The summed E-state index contributed by atoms with van der Waals surface area (Å²) in [5, 5.41) is 0. The molecule has 1 rings (SSSR count). The van der Waals surface area contributed by atoms with E-state index >= 15 is 0 Å². The molecule has 4 heteroatoms. The molecular weight excluding hydrogens is 127 g/mol. The highest BCUT2D eigenvalue weighted by molar-refractivity contribution is 7.68. The Morgan fingerprint density at radius 3 is 2.12 bits per heavy atom. The van der Waals surface area contributed by atoms with Gasteiger partial charge in [0.1, 0.15) is 0 Å². The van der Waals surface area contributed by atoms with Crippen molar-refractivity contribution in [3.63, 3.8) is 0 Å². The average molecular weight is 131 g/mol. The maximum atomic E-state index is 10.4. The normalized spacial score (nSPS) is 24.8. The number of hydrogen-bond acceptors (Lipinski definition) is 3. The van der Waals surface area contributed by atoms with E-state index in [9.17, 15) is 14.2 Å². The topological polar surface area (TPSA) is 51.2 Å². The molecule has 8 heavy (non-hydrogen) atoms. The number of Topliss-reactive ketones (excluding diaryl/α,β-unsaturated/α-hetero) is 1. The van der Waals surface area contributed by atoms with E-state index in [-0.39, 0.29) is 12.6 Å². The zero-order valence-corrected chi connectivity index (χ0v) is 4.98. The summed E-state index contributed by atoms with van der Waals surface area (Å²) in [4.78, 5) is 20.5. The Morgan fingerprint density at radius 1 is 1.38 bits per heavy atom. The van der Waals surface area contributed by atoms with Gasteiger partial charge < -0.3 is 0 Å². The third-order valence-electron chi connectivity index (χ3n) is 1.01. The summed E-state index contributed by atoms with van der Waals surface area (Å²) in [6.45, 7) is 0. The molecule has 0 radical (unpaired) electrons. The van der Waals surface area contributed by atoms with Crippen molar-refractivity contribution in [2.45, 2.75) is 6.42 Å². The summed E-state index contributed by atoms with van der Waals surface area (Å²) < 4.78 is 10.4. The summed E-state index contributed by atoms with van der Waals surface area (Å²) >= 11 is 0. The van der Waals surface area contributed by atoms with E-state index in [1.54, 1.807) is 0 Å². The van der Waals surface area contributed by atoms with E-state index in [4.69, 9.17) is 0 Å². The lowest BCUT2D eigenvalue weighted by Crippen LogP contribution is -1.99. The Labute approximate surface area is 46.9 Å². The zero-order chi connectivity index (χ0) is 6.15. The van der Waals surface area contributed by atoms with Crippen molar-refractivity contribution in [3.05, 3.63) is 0 Å². The van der Waals surface area contributed by atoms with Crippen LogP contribution in [-0.2, 0) is 14.2 Å². The molecule has 1 atom stereocenters. The number of carbonyl (C=O) groups excluding carboxylic acids is 2. The van der Waals surface area contributed by atoms with Crippen LogP contribution in [0.2, 0.25) is 0 Å². The molecule has 0 aliphatic carbocycles. The lowest BCUT2D eigenvalue weighted by atomic mass is 10.3. The zero-order valence-electron chi connectivity index (χ0n) is 4.09. The maximum Gasteiger partial charge on any atom is 0.430 e. The fraction of sp³-hybridized carbons (Fsp3) is 0.500. The molecular formula is C4H4O3P+. The van der Waals surface area contributed by atoms with Gasteiger partial charge in [0.25, 0.3) is 5.78 Å². The predicted molar refractivity (Wildman–Crippen MR) is 27.1 cm³/mol. The fourth-order valence-corrected chi connectivity index (χ4v) is 1.55. The quantitative estimate of drug-likeness (QED) is 0.351. The van der Waals surface area contributed by atoms with Crippen LogP contribution in [0.1, 0.15) is 6.42 Å². The molecule has 0 aromatic carbocycles. The maximum absolute atomic E-state index is 10.4. The third-order valence-corrected chi connectivity index (χ3v) is 2.34. The van der Waals surface area contributed by atoms with Crippen LogP contribution in [0.15, 0.2) is 0 Å². The second kappa shape index (κ2) is 1.75. The minimum absolute atomic E-state index is 0.189. The summed E-state index contributed by atoms with van der Waals surface area (Å²) in [7, 11) is -1.80. The minimum atomic E-state index is -1.80. The van der Waals surface area contributed by atoms with Crippen LogP contribution >= 0.6 is 7.80 Å². The van der Waals surface area contributed by atoms with Crippen molar-refractivity contribution in [3.8, 4) is 0 Å². The van der Waals surface area contributed by atoms with Gasteiger partial charge in [0.2, 0.25) is 0 Å². The molecule has 1 unspecified atom stereocenters. The Balaban J connectivity index is 2.86. The molecule has 0 aromatic rings. The number of ketones is 1. The molecule has 0 saturated carbocycles. The highest BCUT2D eigenvalue weighted by atomic mass is 31.1.